The lowest BCUT2D eigenvalue weighted by molar-refractivity contribution is 0.0692. The Morgan fingerprint density at radius 3 is 2.59 bits per heavy atom. The lowest BCUT2D eigenvalue weighted by Gasteiger charge is -2.11. The molecule has 0 saturated heterocycles. The number of benzene rings is 1. The fraction of sp³-hybridized carbons (Fsp3) is 0.333. The molecule has 0 atom stereocenters. The lowest BCUT2D eigenvalue weighted by Crippen LogP contribution is -2.41. The van der Waals surface area contributed by atoms with Crippen molar-refractivity contribution in [2.24, 2.45) is 7.05 Å². The minimum atomic E-state index is -4.58. The maximum atomic E-state index is 12.6. The smallest absolute Gasteiger partial charge is 0.360 e. The van der Waals surface area contributed by atoms with Crippen LogP contribution in [0.2, 0.25) is 0 Å². The second-order valence-electron chi connectivity index (χ2n) is 5.55. The van der Waals surface area contributed by atoms with E-state index in [1.807, 2.05) is 6.92 Å². The van der Waals surface area contributed by atoms with Crippen molar-refractivity contribution in [3.05, 3.63) is 39.8 Å². The molecule has 11 nitrogen and oxygen atoms in total. The Morgan fingerprint density at radius 1 is 1.33 bits per heavy atom. The van der Waals surface area contributed by atoms with E-state index in [-0.39, 0.29) is 18.2 Å². The average Bonchev–Trinajstić information content (AvgIpc) is 2.87. The maximum Gasteiger partial charge on any atom is 0.360 e. The Hall–Kier alpha value is -3.15. The fourth-order valence-electron chi connectivity index (χ4n) is 2.26. The van der Waals surface area contributed by atoms with Crippen LogP contribution < -0.4 is 15.1 Å². The second-order valence-corrected chi connectivity index (χ2v) is 7.17. The number of carboxylic acids is 1. The van der Waals surface area contributed by atoms with Crippen molar-refractivity contribution in [3.63, 3.8) is 0 Å². The first-order chi connectivity index (χ1) is 12.6. The first-order valence-corrected chi connectivity index (χ1v) is 9.27. The lowest BCUT2D eigenvalue weighted by atomic mass is 10.1. The van der Waals surface area contributed by atoms with Gasteiger partial charge in [0.2, 0.25) is 0 Å². The summed E-state index contributed by atoms with van der Waals surface area (Å²) in [5, 5.41) is 12.9. The van der Waals surface area contributed by atoms with Gasteiger partial charge in [-0.3, -0.25) is 0 Å². The highest BCUT2D eigenvalue weighted by Crippen LogP contribution is 2.20. The topological polar surface area (TPSA) is 150 Å². The van der Waals surface area contributed by atoms with E-state index in [1.54, 1.807) is 4.72 Å². The first-order valence-electron chi connectivity index (χ1n) is 7.79. The standard InChI is InChI=1S/C15H18N4O7S/c1-4-8-26-14-16-19(15(23)18(14)3)13(22)17-27(24,25)11-9(2)6-5-7-10(11)12(20)21/h5-7H,4,8H2,1-3H3,(H,17,22)(H,20,21). The van der Waals surface area contributed by atoms with Crippen molar-refractivity contribution < 1.29 is 27.9 Å². The van der Waals surface area contributed by atoms with Gasteiger partial charge in [0.15, 0.2) is 0 Å². The van der Waals surface area contributed by atoms with Crippen molar-refractivity contribution in [1.29, 1.82) is 0 Å². The number of ether oxygens (including phenoxy) is 1. The van der Waals surface area contributed by atoms with Gasteiger partial charge in [-0.2, -0.15) is 0 Å². The van der Waals surface area contributed by atoms with Gasteiger partial charge in [-0.05, 0) is 25.0 Å². The highest BCUT2D eigenvalue weighted by Gasteiger charge is 2.28. The molecule has 0 bridgehead atoms. The Morgan fingerprint density at radius 2 is 2.00 bits per heavy atom. The number of nitrogens with zero attached hydrogens (tertiary/aromatic N) is 3. The number of sulfonamides is 1. The number of nitrogens with one attached hydrogen (secondary N) is 1. The molecule has 0 spiro atoms. The summed E-state index contributed by atoms with van der Waals surface area (Å²) in [6.45, 7) is 3.46. The second kappa shape index (κ2) is 7.61. The van der Waals surface area contributed by atoms with Gasteiger partial charge in [0.25, 0.3) is 10.0 Å². The monoisotopic (exact) mass is 398 g/mol. The molecular formula is C15H18N4O7S. The van der Waals surface area contributed by atoms with E-state index in [2.05, 4.69) is 5.10 Å². The molecule has 1 amide bonds. The average molecular weight is 398 g/mol. The molecule has 2 N–H and O–H groups in total. The third-order valence-electron chi connectivity index (χ3n) is 3.50. The van der Waals surface area contributed by atoms with Gasteiger partial charge in [0.1, 0.15) is 4.90 Å². The van der Waals surface area contributed by atoms with E-state index in [0.29, 0.717) is 11.1 Å². The van der Waals surface area contributed by atoms with E-state index in [4.69, 9.17) is 4.74 Å². The number of rotatable bonds is 6. The van der Waals surface area contributed by atoms with Crippen molar-refractivity contribution in [3.8, 4) is 6.01 Å². The van der Waals surface area contributed by atoms with Crippen LogP contribution in [0.3, 0.4) is 0 Å². The number of hydrogen-bond donors (Lipinski definition) is 2. The number of aryl methyl sites for hydroxylation is 1. The van der Waals surface area contributed by atoms with Gasteiger partial charge in [-0.25, -0.2) is 32.1 Å². The molecule has 1 aromatic heterocycles. The van der Waals surface area contributed by atoms with E-state index < -0.39 is 38.2 Å². The zero-order chi connectivity index (χ0) is 20.4. The first kappa shape index (κ1) is 20.2. The zero-order valence-corrected chi connectivity index (χ0v) is 15.6. The number of carbonyl (C=O) groups excluding carboxylic acids is 1. The summed E-state index contributed by atoms with van der Waals surface area (Å²) < 4.78 is 33.2. The molecule has 1 aromatic carbocycles. The van der Waals surface area contributed by atoms with Crippen LogP contribution in [-0.4, -0.2) is 46.5 Å². The SMILES string of the molecule is CCCOc1nn(C(=O)NS(=O)(=O)c2c(C)cccc2C(=O)O)c(=O)n1C. The van der Waals surface area contributed by atoms with E-state index in [0.717, 1.165) is 10.6 Å². The summed E-state index contributed by atoms with van der Waals surface area (Å²) in [6, 6.07) is 2.34. The molecule has 27 heavy (non-hydrogen) atoms. The largest absolute Gasteiger partial charge is 0.478 e. The van der Waals surface area contributed by atoms with Crippen LogP contribution in [0.4, 0.5) is 4.79 Å². The number of amides is 1. The molecule has 0 aliphatic heterocycles. The Labute approximate surface area is 154 Å². The highest BCUT2D eigenvalue weighted by atomic mass is 32.2. The molecule has 0 radical (unpaired) electrons. The van der Waals surface area contributed by atoms with Gasteiger partial charge < -0.3 is 9.84 Å². The van der Waals surface area contributed by atoms with Gasteiger partial charge >= 0.3 is 23.7 Å². The summed E-state index contributed by atoms with van der Waals surface area (Å²) in [5.74, 6) is -1.48. The summed E-state index contributed by atoms with van der Waals surface area (Å²) in [6.07, 6.45) is 0.632. The molecule has 0 aliphatic carbocycles. The van der Waals surface area contributed by atoms with Crippen molar-refractivity contribution in [1.82, 2.24) is 19.1 Å². The molecule has 0 aliphatic rings. The highest BCUT2D eigenvalue weighted by molar-refractivity contribution is 7.90. The van der Waals surface area contributed by atoms with Crippen LogP contribution in [0.1, 0.15) is 29.3 Å². The predicted molar refractivity (Wildman–Crippen MR) is 92.5 cm³/mol. The molecule has 0 saturated carbocycles. The Bertz CT molecular complexity index is 1050. The Balaban J connectivity index is 2.42. The molecule has 2 aromatic rings. The summed E-state index contributed by atoms with van der Waals surface area (Å²) >= 11 is 0. The summed E-state index contributed by atoms with van der Waals surface area (Å²) in [7, 11) is -3.27. The minimum absolute atomic E-state index is 0.121. The number of aromatic carboxylic acids is 1. The van der Waals surface area contributed by atoms with Crippen LogP contribution in [-0.2, 0) is 17.1 Å². The number of carbonyl (C=O) groups is 2. The normalized spacial score (nSPS) is 11.2. The van der Waals surface area contributed by atoms with Gasteiger partial charge in [-0.15, -0.1) is 9.78 Å². The predicted octanol–water partition coefficient (Wildman–Crippen LogP) is 0.324. The van der Waals surface area contributed by atoms with Crippen molar-refractivity contribution in [2.45, 2.75) is 25.2 Å². The summed E-state index contributed by atoms with van der Waals surface area (Å²) in [5.41, 5.74) is -1.30. The van der Waals surface area contributed by atoms with Crippen LogP contribution in [0.5, 0.6) is 6.01 Å². The fourth-order valence-corrected chi connectivity index (χ4v) is 3.61. The zero-order valence-electron chi connectivity index (χ0n) is 14.8. The van der Waals surface area contributed by atoms with E-state index in [1.165, 1.54) is 26.1 Å². The molecule has 12 heteroatoms. The number of carboxylic acid groups (broad SMARTS) is 1. The maximum absolute atomic E-state index is 12.6. The van der Waals surface area contributed by atoms with Crippen LogP contribution in [0.25, 0.3) is 0 Å². The van der Waals surface area contributed by atoms with Crippen molar-refractivity contribution >= 4 is 22.0 Å². The number of aromatic nitrogens is 3. The molecule has 0 unspecified atom stereocenters. The van der Waals surface area contributed by atoms with Crippen LogP contribution in [0, 0.1) is 6.92 Å². The van der Waals surface area contributed by atoms with Gasteiger partial charge in [-0.1, -0.05) is 19.1 Å². The van der Waals surface area contributed by atoms with Gasteiger partial charge in [0.05, 0.1) is 12.2 Å². The van der Waals surface area contributed by atoms with Crippen molar-refractivity contribution in [2.75, 3.05) is 6.61 Å². The third-order valence-corrected chi connectivity index (χ3v) is 5.02. The molecule has 0 fully saturated rings. The van der Waals surface area contributed by atoms with E-state index in [9.17, 15) is 27.9 Å². The summed E-state index contributed by atoms with van der Waals surface area (Å²) in [4.78, 5) is 35.1. The molecule has 1 heterocycles. The van der Waals surface area contributed by atoms with Crippen LogP contribution in [0.15, 0.2) is 27.9 Å². The molecular weight excluding hydrogens is 380 g/mol. The third kappa shape index (κ3) is 4.00. The molecule has 2 rings (SSSR count). The van der Waals surface area contributed by atoms with E-state index >= 15 is 0 Å². The quantitative estimate of drug-likeness (QED) is 0.706. The number of hydrogen-bond acceptors (Lipinski definition) is 7. The van der Waals surface area contributed by atoms with Crippen LogP contribution >= 0.6 is 0 Å². The van der Waals surface area contributed by atoms with Gasteiger partial charge in [0, 0.05) is 7.05 Å². The minimum Gasteiger partial charge on any atom is -0.478 e. The Kier molecular flexibility index (Phi) is 5.69. The molecule has 146 valence electrons.